The third-order valence-corrected chi connectivity index (χ3v) is 4.55. The number of rotatable bonds is 2. The van der Waals surface area contributed by atoms with E-state index in [0.717, 1.165) is 5.56 Å². The molecule has 0 saturated heterocycles. The number of benzene rings is 1. The summed E-state index contributed by atoms with van der Waals surface area (Å²) in [6.07, 6.45) is 1.56. The van der Waals surface area contributed by atoms with Crippen LogP contribution in [0.5, 0.6) is 0 Å². The molecule has 1 aromatic heterocycles. The normalized spacial score (nSPS) is 18.3. The summed E-state index contributed by atoms with van der Waals surface area (Å²) >= 11 is -1.56. The lowest BCUT2D eigenvalue weighted by atomic mass is 10.2. The largest absolute Gasteiger partial charge is 0.328 e. The molecule has 1 amide bonds. The summed E-state index contributed by atoms with van der Waals surface area (Å²) in [6, 6.07) is 9.51. The van der Waals surface area contributed by atoms with Gasteiger partial charge in [0.05, 0.1) is 12.9 Å². The molecule has 0 aliphatic carbocycles. The minimum atomic E-state index is -1.56. The van der Waals surface area contributed by atoms with Crippen LogP contribution in [0.2, 0.25) is 0 Å². The van der Waals surface area contributed by atoms with Crippen LogP contribution in [0.1, 0.15) is 16.1 Å². The number of hydrogen-bond donors (Lipinski definition) is 0. The van der Waals surface area contributed by atoms with Gasteiger partial charge in [-0.3, -0.25) is 9.10 Å². The molecule has 1 unspecified atom stereocenters. The molecule has 3 rings (SSSR count). The Morgan fingerprint density at radius 2 is 1.90 bits per heavy atom. The zero-order chi connectivity index (χ0) is 14.3. The van der Waals surface area contributed by atoms with Gasteiger partial charge in [0, 0.05) is 14.1 Å². The number of carbonyl (C=O) groups is 1. The Labute approximate surface area is 119 Å². The highest BCUT2D eigenvalue weighted by molar-refractivity contribution is 7.84. The first-order chi connectivity index (χ1) is 9.59. The molecule has 0 bridgehead atoms. The minimum absolute atomic E-state index is 0.264. The topological polar surface area (TPSA) is 58.4 Å². The number of carbonyl (C=O) groups excluding carboxylic acids is 1. The molecule has 1 aliphatic heterocycles. The highest BCUT2D eigenvalue weighted by Crippen LogP contribution is 2.28. The van der Waals surface area contributed by atoms with Crippen LogP contribution >= 0.6 is 0 Å². The maximum Gasteiger partial charge on any atom is 0.287 e. The molecule has 1 aliphatic rings. The second kappa shape index (κ2) is 4.75. The van der Waals surface area contributed by atoms with Crippen molar-refractivity contribution in [3.63, 3.8) is 0 Å². The molecule has 104 valence electrons. The fourth-order valence-corrected chi connectivity index (χ4v) is 3.25. The smallest absolute Gasteiger partial charge is 0.287 e. The fourth-order valence-electron chi connectivity index (χ4n) is 2.18. The molecule has 7 heteroatoms. The van der Waals surface area contributed by atoms with Crippen LogP contribution in [0, 0.1) is 0 Å². The Hall–Kier alpha value is -2.15. The second-order valence-electron chi connectivity index (χ2n) is 4.58. The molecule has 1 atom stereocenters. The Kier molecular flexibility index (Phi) is 3.06. The van der Waals surface area contributed by atoms with Crippen molar-refractivity contribution in [2.24, 2.45) is 7.05 Å². The van der Waals surface area contributed by atoms with Crippen molar-refractivity contribution in [3.8, 4) is 0 Å². The molecule has 0 saturated carbocycles. The van der Waals surface area contributed by atoms with Gasteiger partial charge in [-0.05, 0) is 5.56 Å². The summed E-state index contributed by atoms with van der Waals surface area (Å²) in [4.78, 5) is 16.6. The predicted octanol–water partition coefficient (Wildman–Crippen LogP) is 1.09. The summed E-state index contributed by atoms with van der Waals surface area (Å²) < 4.78 is 16.9. The van der Waals surface area contributed by atoms with E-state index >= 15 is 0 Å². The van der Waals surface area contributed by atoms with E-state index in [2.05, 4.69) is 4.98 Å². The van der Waals surface area contributed by atoms with Gasteiger partial charge >= 0.3 is 0 Å². The predicted molar refractivity (Wildman–Crippen MR) is 76.1 cm³/mol. The van der Waals surface area contributed by atoms with Crippen molar-refractivity contribution < 1.29 is 9.00 Å². The van der Waals surface area contributed by atoms with E-state index in [1.165, 1.54) is 8.61 Å². The lowest BCUT2D eigenvalue weighted by molar-refractivity contribution is 0.0848. The maximum absolute atomic E-state index is 12.5. The summed E-state index contributed by atoms with van der Waals surface area (Å²) in [6.45, 7) is 0.307. The second-order valence-corrected chi connectivity index (χ2v) is 6.03. The molecule has 20 heavy (non-hydrogen) atoms. The number of aryl methyl sites for hydroxylation is 1. The van der Waals surface area contributed by atoms with Crippen LogP contribution in [-0.2, 0) is 24.8 Å². The first-order valence-corrected chi connectivity index (χ1v) is 7.19. The van der Waals surface area contributed by atoms with Gasteiger partial charge in [0.2, 0.25) is 11.2 Å². The van der Waals surface area contributed by atoms with E-state index in [9.17, 15) is 9.00 Å². The third-order valence-electron chi connectivity index (χ3n) is 3.24. The number of imidazole rings is 1. The average molecular weight is 290 g/mol. The minimum Gasteiger partial charge on any atom is -0.328 e. The first kappa shape index (κ1) is 12.9. The van der Waals surface area contributed by atoms with Crippen molar-refractivity contribution in [1.82, 2.24) is 13.9 Å². The Balaban J connectivity index is 1.99. The van der Waals surface area contributed by atoms with E-state index in [0.29, 0.717) is 18.1 Å². The van der Waals surface area contributed by atoms with E-state index in [1.807, 2.05) is 30.3 Å². The number of aromatic nitrogens is 2. The van der Waals surface area contributed by atoms with Gasteiger partial charge in [0.25, 0.3) is 5.91 Å². The average Bonchev–Trinajstić information content (AvgIpc) is 2.84. The van der Waals surface area contributed by atoms with Gasteiger partial charge in [-0.15, -0.1) is 0 Å². The lowest BCUT2D eigenvalue weighted by Crippen LogP contribution is -2.45. The van der Waals surface area contributed by atoms with E-state index in [1.54, 1.807) is 25.0 Å². The molecule has 2 heterocycles. The number of hydrogen-bond acceptors (Lipinski definition) is 3. The van der Waals surface area contributed by atoms with E-state index in [-0.39, 0.29) is 5.91 Å². The maximum atomic E-state index is 12.5. The van der Waals surface area contributed by atoms with Crippen molar-refractivity contribution in [2.75, 3.05) is 11.4 Å². The summed E-state index contributed by atoms with van der Waals surface area (Å²) in [5.41, 5.74) is 1.40. The highest BCUT2D eigenvalue weighted by Gasteiger charge is 2.37. The molecule has 0 spiro atoms. The monoisotopic (exact) mass is 290 g/mol. The van der Waals surface area contributed by atoms with Crippen molar-refractivity contribution in [3.05, 3.63) is 47.9 Å². The highest BCUT2D eigenvalue weighted by atomic mass is 32.2. The third kappa shape index (κ3) is 1.90. The SMILES string of the molecule is CN1c2ncn(C)c2C(=O)N(Cc2ccccc2)S1=O. The van der Waals surface area contributed by atoms with E-state index < -0.39 is 11.2 Å². The Bertz CT molecular complexity index is 683. The summed E-state index contributed by atoms with van der Waals surface area (Å²) in [5.74, 6) is 0.195. The Morgan fingerprint density at radius 1 is 1.20 bits per heavy atom. The van der Waals surface area contributed by atoms with Gasteiger partial charge in [0.15, 0.2) is 11.5 Å². The zero-order valence-corrected chi connectivity index (χ0v) is 12.0. The van der Waals surface area contributed by atoms with Gasteiger partial charge < -0.3 is 4.57 Å². The molecular weight excluding hydrogens is 276 g/mol. The van der Waals surface area contributed by atoms with E-state index in [4.69, 9.17) is 0 Å². The molecule has 0 N–H and O–H groups in total. The zero-order valence-electron chi connectivity index (χ0n) is 11.2. The molecular formula is C13H14N4O2S. The number of nitrogens with zero attached hydrogens (tertiary/aromatic N) is 4. The van der Waals surface area contributed by atoms with Crippen molar-refractivity contribution in [2.45, 2.75) is 6.54 Å². The van der Waals surface area contributed by atoms with Crippen LogP contribution in [0.25, 0.3) is 0 Å². The standard InChI is InChI=1S/C13H14N4O2S/c1-15-9-14-12-11(15)13(18)17(20(19)16(12)2)8-10-6-4-3-5-7-10/h3-7,9H,8H2,1-2H3. The van der Waals surface area contributed by atoms with Crippen LogP contribution in [0.15, 0.2) is 36.7 Å². The van der Waals surface area contributed by atoms with Gasteiger partial charge in [-0.25, -0.2) is 13.5 Å². The first-order valence-electron chi connectivity index (χ1n) is 6.12. The molecule has 6 nitrogen and oxygen atoms in total. The van der Waals surface area contributed by atoms with Crippen LogP contribution < -0.4 is 4.31 Å². The van der Waals surface area contributed by atoms with Gasteiger partial charge in [-0.2, -0.15) is 0 Å². The van der Waals surface area contributed by atoms with Gasteiger partial charge in [-0.1, -0.05) is 30.3 Å². The quantitative estimate of drug-likeness (QED) is 0.832. The van der Waals surface area contributed by atoms with Crippen LogP contribution in [0.3, 0.4) is 0 Å². The summed E-state index contributed by atoms with van der Waals surface area (Å²) in [7, 11) is 3.43. The molecule has 0 fully saturated rings. The molecule has 2 aromatic rings. The van der Waals surface area contributed by atoms with Gasteiger partial charge in [0.1, 0.15) is 0 Å². The number of anilines is 1. The van der Waals surface area contributed by atoms with Crippen molar-refractivity contribution >= 4 is 22.9 Å². The van der Waals surface area contributed by atoms with Crippen LogP contribution in [-0.4, -0.2) is 31.0 Å². The number of amides is 1. The fraction of sp³-hybridized carbons (Fsp3) is 0.231. The Morgan fingerprint density at radius 3 is 2.60 bits per heavy atom. The molecule has 1 aromatic carbocycles. The lowest BCUT2D eigenvalue weighted by Gasteiger charge is -2.31. The number of fused-ring (bicyclic) bond motifs is 1. The molecule has 0 radical (unpaired) electrons. The van der Waals surface area contributed by atoms with Crippen molar-refractivity contribution in [1.29, 1.82) is 0 Å². The van der Waals surface area contributed by atoms with Crippen LogP contribution in [0.4, 0.5) is 5.82 Å². The summed E-state index contributed by atoms with van der Waals surface area (Å²) in [5, 5.41) is 0.